The fourth-order valence-electron chi connectivity index (χ4n) is 2.15. The molecule has 1 aliphatic heterocycles. The molecule has 1 fully saturated rings. The predicted octanol–water partition coefficient (Wildman–Crippen LogP) is 0.623. The highest BCUT2D eigenvalue weighted by Gasteiger charge is 2.26. The van der Waals surface area contributed by atoms with Crippen LogP contribution in [0.3, 0.4) is 0 Å². The van der Waals surface area contributed by atoms with Crippen LogP contribution in [0.1, 0.15) is 13.3 Å². The highest BCUT2D eigenvalue weighted by molar-refractivity contribution is 5.48. The Kier molecular flexibility index (Phi) is 3.75. The Labute approximate surface area is 101 Å². The Hall–Kier alpha value is -1.40. The van der Waals surface area contributed by atoms with Crippen LogP contribution in [0.5, 0.6) is 0 Å². The van der Waals surface area contributed by atoms with Crippen molar-refractivity contribution in [3.05, 3.63) is 12.4 Å². The number of hydrogen-bond acceptors (Lipinski definition) is 6. The van der Waals surface area contributed by atoms with Crippen molar-refractivity contribution in [2.24, 2.45) is 11.8 Å². The van der Waals surface area contributed by atoms with E-state index in [4.69, 9.17) is 10.6 Å². The molecule has 0 aliphatic carbocycles. The minimum atomic E-state index is 0.257. The smallest absolute Gasteiger partial charge is 0.145 e. The summed E-state index contributed by atoms with van der Waals surface area (Å²) < 4.78 is 5.49. The summed E-state index contributed by atoms with van der Waals surface area (Å²) in [4.78, 5) is 10.5. The van der Waals surface area contributed by atoms with Gasteiger partial charge in [0.1, 0.15) is 18.0 Å². The molecule has 0 aromatic carbocycles. The summed E-state index contributed by atoms with van der Waals surface area (Å²) in [6.45, 7) is 4.07. The van der Waals surface area contributed by atoms with E-state index in [-0.39, 0.29) is 6.10 Å². The second-order valence-electron chi connectivity index (χ2n) is 4.39. The van der Waals surface area contributed by atoms with Gasteiger partial charge >= 0.3 is 0 Å². The van der Waals surface area contributed by atoms with Gasteiger partial charge in [-0.3, -0.25) is 0 Å². The normalized spacial score (nSPS) is 24.8. The first-order valence-corrected chi connectivity index (χ1v) is 5.81. The maximum absolute atomic E-state index is 5.49. The highest BCUT2D eigenvalue weighted by Crippen LogP contribution is 2.24. The van der Waals surface area contributed by atoms with E-state index >= 15 is 0 Å². The van der Waals surface area contributed by atoms with Crippen molar-refractivity contribution in [1.82, 2.24) is 9.97 Å². The van der Waals surface area contributed by atoms with E-state index in [9.17, 15) is 0 Å². The molecule has 2 rings (SSSR count). The molecule has 17 heavy (non-hydrogen) atoms. The minimum absolute atomic E-state index is 0.257. The molecule has 0 amide bonds. The van der Waals surface area contributed by atoms with E-state index in [2.05, 4.69) is 27.2 Å². The Balaban J connectivity index is 2.11. The second-order valence-corrected chi connectivity index (χ2v) is 4.39. The average Bonchev–Trinajstić information content (AvgIpc) is 2.39. The van der Waals surface area contributed by atoms with E-state index in [1.165, 1.54) is 6.33 Å². The number of nitrogen functional groups attached to an aromatic ring is 1. The van der Waals surface area contributed by atoms with E-state index < -0.39 is 0 Å². The lowest BCUT2D eigenvalue weighted by atomic mass is 9.96. The number of anilines is 2. The van der Waals surface area contributed by atoms with Crippen LogP contribution in [0.4, 0.5) is 11.6 Å². The summed E-state index contributed by atoms with van der Waals surface area (Å²) in [6.07, 6.45) is 2.88. The third-order valence-corrected chi connectivity index (χ3v) is 3.32. The molecule has 0 bridgehead atoms. The number of aromatic nitrogens is 2. The van der Waals surface area contributed by atoms with Gasteiger partial charge < -0.3 is 15.1 Å². The number of methoxy groups -OCH3 is 1. The summed E-state index contributed by atoms with van der Waals surface area (Å²) >= 11 is 0. The monoisotopic (exact) mass is 237 g/mol. The molecule has 6 heteroatoms. The zero-order valence-corrected chi connectivity index (χ0v) is 10.3. The molecule has 2 atom stereocenters. The van der Waals surface area contributed by atoms with Gasteiger partial charge in [0.15, 0.2) is 0 Å². The number of hydrazine groups is 1. The van der Waals surface area contributed by atoms with Crippen molar-refractivity contribution in [2.45, 2.75) is 19.4 Å². The van der Waals surface area contributed by atoms with Crippen LogP contribution in [-0.2, 0) is 4.74 Å². The predicted molar refractivity (Wildman–Crippen MR) is 66.6 cm³/mol. The van der Waals surface area contributed by atoms with Gasteiger partial charge in [-0.1, -0.05) is 6.92 Å². The molecule has 1 aliphatic rings. The number of hydrogen-bond donors (Lipinski definition) is 2. The molecule has 0 saturated carbocycles. The van der Waals surface area contributed by atoms with E-state index in [1.807, 2.05) is 6.07 Å². The van der Waals surface area contributed by atoms with Crippen molar-refractivity contribution >= 4 is 11.6 Å². The fraction of sp³-hybridized carbons (Fsp3) is 0.636. The molecular formula is C11H19N5O. The first-order chi connectivity index (χ1) is 8.24. The summed E-state index contributed by atoms with van der Waals surface area (Å²) in [6, 6.07) is 1.85. The molecule has 3 N–H and O–H groups in total. The summed E-state index contributed by atoms with van der Waals surface area (Å²) in [7, 11) is 1.76. The zero-order chi connectivity index (χ0) is 12.3. The van der Waals surface area contributed by atoms with Crippen molar-refractivity contribution in [2.75, 3.05) is 30.5 Å². The zero-order valence-electron chi connectivity index (χ0n) is 10.3. The summed E-state index contributed by atoms with van der Waals surface area (Å²) in [5.74, 6) is 7.45. The Morgan fingerprint density at radius 3 is 3.06 bits per heavy atom. The van der Waals surface area contributed by atoms with Gasteiger partial charge in [0.2, 0.25) is 0 Å². The number of nitrogens with two attached hydrogens (primary N) is 1. The number of nitrogens with zero attached hydrogens (tertiary/aromatic N) is 3. The third kappa shape index (κ3) is 2.65. The van der Waals surface area contributed by atoms with E-state index in [0.717, 1.165) is 25.3 Å². The molecule has 0 radical (unpaired) electrons. The molecule has 1 saturated heterocycles. The lowest BCUT2D eigenvalue weighted by molar-refractivity contribution is 0.0496. The lowest BCUT2D eigenvalue weighted by Gasteiger charge is -2.36. The number of piperidine rings is 1. The van der Waals surface area contributed by atoms with Crippen molar-refractivity contribution in [3.63, 3.8) is 0 Å². The molecule has 94 valence electrons. The topological polar surface area (TPSA) is 76.3 Å². The van der Waals surface area contributed by atoms with Gasteiger partial charge in [-0.15, -0.1) is 0 Å². The maximum Gasteiger partial charge on any atom is 0.145 e. The summed E-state index contributed by atoms with van der Waals surface area (Å²) in [5, 5.41) is 0. The molecule has 1 aromatic heterocycles. The van der Waals surface area contributed by atoms with Crippen LogP contribution in [0.2, 0.25) is 0 Å². The van der Waals surface area contributed by atoms with Crippen LogP contribution >= 0.6 is 0 Å². The highest BCUT2D eigenvalue weighted by atomic mass is 16.5. The largest absolute Gasteiger partial charge is 0.379 e. The van der Waals surface area contributed by atoms with E-state index in [0.29, 0.717) is 11.7 Å². The van der Waals surface area contributed by atoms with Crippen molar-refractivity contribution < 1.29 is 4.74 Å². The first-order valence-electron chi connectivity index (χ1n) is 5.81. The van der Waals surface area contributed by atoms with Gasteiger partial charge in [0.25, 0.3) is 0 Å². The van der Waals surface area contributed by atoms with Gasteiger partial charge in [-0.2, -0.15) is 0 Å². The fourth-order valence-corrected chi connectivity index (χ4v) is 2.15. The number of nitrogens with one attached hydrogen (secondary N) is 1. The first kappa shape index (κ1) is 12.1. The van der Waals surface area contributed by atoms with Crippen LogP contribution in [0, 0.1) is 5.92 Å². The van der Waals surface area contributed by atoms with Gasteiger partial charge in [0.05, 0.1) is 6.10 Å². The molecule has 2 unspecified atom stereocenters. The van der Waals surface area contributed by atoms with E-state index in [1.54, 1.807) is 7.11 Å². The van der Waals surface area contributed by atoms with Gasteiger partial charge in [0, 0.05) is 26.3 Å². The van der Waals surface area contributed by atoms with Crippen LogP contribution in [0.15, 0.2) is 12.4 Å². The molecule has 1 aromatic rings. The average molecular weight is 237 g/mol. The minimum Gasteiger partial charge on any atom is -0.379 e. The number of ether oxygens (including phenoxy) is 1. The van der Waals surface area contributed by atoms with Crippen molar-refractivity contribution in [1.29, 1.82) is 0 Å². The molecule has 2 heterocycles. The number of rotatable bonds is 3. The quantitative estimate of drug-likeness (QED) is 0.593. The molecule has 6 nitrogen and oxygen atoms in total. The standard InChI is InChI=1S/C11H19N5O/c1-8-3-4-16(6-9(8)17-2)11-5-10(15-12)13-7-14-11/h5,7-9H,3-4,6,12H2,1-2H3,(H,13,14,15). The van der Waals surface area contributed by atoms with Gasteiger partial charge in [-0.05, 0) is 12.3 Å². The second kappa shape index (κ2) is 5.29. The molecular weight excluding hydrogens is 218 g/mol. The van der Waals surface area contributed by atoms with Crippen LogP contribution in [-0.4, -0.2) is 36.3 Å². The Morgan fingerprint density at radius 1 is 1.53 bits per heavy atom. The van der Waals surface area contributed by atoms with Crippen LogP contribution < -0.4 is 16.2 Å². The van der Waals surface area contributed by atoms with Crippen LogP contribution in [0.25, 0.3) is 0 Å². The SMILES string of the molecule is COC1CN(c2cc(NN)ncn2)CCC1C. The van der Waals surface area contributed by atoms with Gasteiger partial charge in [-0.25, -0.2) is 15.8 Å². The summed E-state index contributed by atoms with van der Waals surface area (Å²) in [5.41, 5.74) is 2.53. The lowest BCUT2D eigenvalue weighted by Crippen LogP contribution is -2.44. The third-order valence-electron chi connectivity index (χ3n) is 3.32. The molecule has 0 spiro atoms. The van der Waals surface area contributed by atoms with Crippen molar-refractivity contribution in [3.8, 4) is 0 Å². The maximum atomic E-state index is 5.49. The Bertz CT molecular complexity index is 373. The Morgan fingerprint density at radius 2 is 2.35 bits per heavy atom.